The van der Waals surface area contributed by atoms with Crippen molar-refractivity contribution in [3.63, 3.8) is 0 Å². The van der Waals surface area contributed by atoms with Crippen molar-refractivity contribution in [2.75, 3.05) is 7.11 Å². The third kappa shape index (κ3) is 7.76. The number of carboxylic acids is 1. The molecule has 0 aliphatic heterocycles. The first-order chi connectivity index (χ1) is 27.9. The second-order valence-electron chi connectivity index (χ2n) is 15.4. The Kier molecular flexibility index (Phi) is 9.77. The van der Waals surface area contributed by atoms with Crippen LogP contribution < -0.4 is 0 Å². The van der Waals surface area contributed by atoms with Gasteiger partial charge in [0.05, 0.1) is 29.3 Å². The van der Waals surface area contributed by atoms with E-state index in [0.717, 1.165) is 44.5 Å². The highest BCUT2D eigenvalue weighted by Crippen LogP contribution is 2.42. The van der Waals surface area contributed by atoms with Crippen LogP contribution >= 0.6 is 0 Å². The lowest BCUT2D eigenvalue weighted by atomic mass is 9.96. The van der Waals surface area contributed by atoms with E-state index in [1.165, 1.54) is 54.8 Å². The Morgan fingerprint density at radius 2 is 1.02 bits per heavy atom. The molecule has 10 rings (SSSR count). The van der Waals surface area contributed by atoms with Crippen LogP contribution in [0.2, 0.25) is 0 Å². The third-order valence-corrected chi connectivity index (χ3v) is 11.4. The van der Waals surface area contributed by atoms with Crippen LogP contribution in [0.5, 0.6) is 0 Å². The Labute approximate surface area is 332 Å². The Morgan fingerprint density at radius 1 is 0.561 bits per heavy atom. The first kappa shape index (κ1) is 36.0. The zero-order valence-electron chi connectivity index (χ0n) is 32.0. The maximum absolute atomic E-state index is 12.4. The number of rotatable bonds is 10. The zero-order valence-corrected chi connectivity index (χ0v) is 32.0. The second kappa shape index (κ2) is 15.5. The van der Waals surface area contributed by atoms with Gasteiger partial charge in [0, 0.05) is 34.5 Å². The summed E-state index contributed by atoms with van der Waals surface area (Å²) in [7, 11) is 1.45. The van der Waals surface area contributed by atoms with Crippen LogP contribution in [0.1, 0.15) is 91.6 Å². The summed E-state index contributed by atoms with van der Waals surface area (Å²) in [5.41, 5.74) is 12.4. The number of hydrogen-bond donors (Lipinski definition) is 1. The Balaban J connectivity index is 0.000000148. The van der Waals surface area contributed by atoms with Crippen LogP contribution in [-0.2, 0) is 17.6 Å². The van der Waals surface area contributed by atoms with Gasteiger partial charge in [0.1, 0.15) is 0 Å². The van der Waals surface area contributed by atoms with Crippen molar-refractivity contribution < 1.29 is 19.4 Å². The largest absolute Gasteiger partial charge is 0.478 e. The van der Waals surface area contributed by atoms with Gasteiger partial charge in [-0.1, -0.05) is 72.8 Å². The number of carbonyl (C=O) groups excluding carboxylic acids is 1. The van der Waals surface area contributed by atoms with Gasteiger partial charge in [-0.2, -0.15) is 0 Å². The van der Waals surface area contributed by atoms with E-state index in [4.69, 9.17) is 4.74 Å². The Bertz CT molecular complexity index is 2740. The molecule has 6 aromatic carbocycles. The van der Waals surface area contributed by atoms with E-state index in [9.17, 15) is 14.7 Å². The monoisotopic (exact) mass is 748 g/mol. The third-order valence-electron chi connectivity index (χ3n) is 11.4. The summed E-state index contributed by atoms with van der Waals surface area (Å²) >= 11 is 0. The van der Waals surface area contributed by atoms with Gasteiger partial charge in [0.25, 0.3) is 0 Å². The van der Waals surface area contributed by atoms with Crippen molar-refractivity contribution >= 4 is 33.7 Å². The number of carbonyl (C=O) groups is 2. The van der Waals surface area contributed by atoms with E-state index in [1.54, 1.807) is 0 Å². The Morgan fingerprint density at radius 3 is 1.46 bits per heavy atom. The molecule has 0 saturated heterocycles. The number of para-hydroxylation sites is 2. The maximum atomic E-state index is 12.4. The maximum Gasteiger partial charge on any atom is 0.338 e. The van der Waals surface area contributed by atoms with Crippen molar-refractivity contribution in [3.8, 4) is 11.4 Å². The standard InChI is InChI=1S/C26H23NO2.C25H21NO2/c1-29-26(28)24-17-20(19-8-9-19)10-11-21(24)15-18-7-12-25-22(16-18)13-14-27(25)23-5-3-2-4-6-23;27-25(28)23-16-19(18-7-8-18)9-10-20(23)14-17-6-11-24-21(15-17)12-13-26(24)22-4-2-1-3-5-22/h2-7,10-14,16-17,19H,8-9,15H2,1H3;1-6,9-13,15-16,18H,7-8,14H2,(H,27,28). The number of nitrogens with zero attached hydrogens (tertiary/aromatic N) is 2. The van der Waals surface area contributed by atoms with Crippen LogP contribution in [0.3, 0.4) is 0 Å². The minimum atomic E-state index is -0.839. The molecule has 0 amide bonds. The van der Waals surface area contributed by atoms with E-state index >= 15 is 0 Å². The van der Waals surface area contributed by atoms with Crippen molar-refractivity contribution in [1.82, 2.24) is 9.13 Å². The van der Waals surface area contributed by atoms with Gasteiger partial charge in [0.15, 0.2) is 0 Å². The molecule has 2 aliphatic carbocycles. The lowest BCUT2D eigenvalue weighted by molar-refractivity contribution is 0.0598. The van der Waals surface area contributed by atoms with Crippen LogP contribution in [0, 0.1) is 0 Å². The van der Waals surface area contributed by atoms with Crippen LogP contribution in [0.4, 0.5) is 0 Å². The van der Waals surface area contributed by atoms with Gasteiger partial charge in [0.2, 0.25) is 0 Å². The lowest BCUT2D eigenvalue weighted by Crippen LogP contribution is -2.07. The van der Waals surface area contributed by atoms with Gasteiger partial charge in [-0.05, 0) is 157 Å². The fourth-order valence-corrected chi connectivity index (χ4v) is 8.01. The van der Waals surface area contributed by atoms with E-state index in [1.807, 2.05) is 42.5 Å². The van der Waals surface area contributed by atoms with Crippen LogP contribution in [-0.4, -0.2) is 33.3 Å². The minimum Gasteiger partial charge on any atom is -0.478 e. The number of hydrogen-bond acceptors (Lipinski definition) is 3. The van der Waals surface area contributed by atoms with Gasteiger partial charge in [-0.15, -0.1) is 0 Å². The number of carboxylic acid groups (broad SMARTS) is 1. The molecule has 282 valence electrons. The van der Waals surface area contributed by atoms with Crippen molar-refractivity contribution in [2.45, 2.75) is 50.4 Å². The molecule has 8 aromatic rings. The molecule has 2 saturated carbocycles. The summed E-state index contributed by atoms with van der Waals surface area (Å²) in [5, 5.41) is 12.0. The van der Waals surface area contributed by atoms with Crippen molar-refractivity contribution in [3.05, 3.63) is 202 Å². The second-order valence-corrected chi connectivity index (χ2v) is 15.4. The molecule has 6 heteroatoms. The fraction of sp³-hybridized carbons (Fsp3) is 0.176. The van der Waals surface area contributed by atoms with E-state index in [-0.39, 0.29) is 5.97 Å². The van der Waals surface area contributed by atoms with Gasteiger partial charge < -0.3 is 19.0 Å². The SMILES string of the molecule is COC(=O)c1cc(C2CC2)ccc1Cc1ccc2c(ccn2-c2ccccc2)c1.O=C(O)c1cc(C2CC2)ccc1Cc1ccc2c(ccn2-c2ccccc2)c1. The average Bonchev–Trinajstić information content (AvgIpc) is 4.19. The summed E-state index contributed by atoms with van der Waals surface area (Å²) < 4.78 is 9.42. The summed E-state index contributed by atoms with van der Waals surface area (Å²) in [4.78, 5) is 24.1. The highest BCUT2D eigenvalue weighted by Gasteiger charge is 2.26. The number of benzene rings is 6. The molecular weight excluding hydrogens is 705 g/mol. The van der Waals surface area contributed by atoms with Crippen molar-refractivity contribution in [2.24, 2.45) is 0 Å². The topological polar surface area (TPSA) is 73.5 Å². The normalized spacial score (nSPS) is 13.6. The predicted molar refractivity (Wildman–Crippen MR) is 227 cm³/mol. The van der Waals surface area contributed by atoms with Crippen LogP contribution in [0.15, 0.2) is 158 Å². The summed E-state index contributed by atoms with van der Waals surface area (Å²) in [6.45, 7) is 0. The average molecular weight is 749 g/mol. The highest BCUT2D eigenvalue weighted by molar-refractivity contribution is 5.92. The molecule has 6 nitrogen and oxygen atoms in total. The molecule has 2 heterocycles. The molecule has 2 fully saturated rings. The van der Waals surface area contributed by atoms with E-state index < -0.39 is 5.97 Å². The number of esters is 1. The zero-order chi connectivity index (χ0) is 38.9. The molecule has 1 N–H and O–H groups in total. The first-order valence-electron chi connectivity index (χ1n) is 19.8. The summed E-state index contributed by atoms with van der Waals surface area (Å²) in [6.07, 6.45) is 10.3. The highest BCUT2D eigenvalue weighted by atomic mass is 16.5. The molecule has 0 bridgehead atoms. The molecule has 2 aliphatic rings. The number of aromatic nitrogens is 2. The molecule has 0 atom stereocenters. The van der Waals surface area contributed by atoms with Gasteiger partial charge >= 0.3 is 11.9 Å². The molecular formula is C51H44N2O4. The first-order valence-corrected chi connectivity index (χ1v) is 19.8. The van der Waals surface area contributed by atoms with E-state index in [2.05, 4.69) is 125 Å². The van der Waals surface area contributed by atoms with Gasteiger partial charge in [-0.25, -0.2) is 9.59 Å². The molecule has 2 aromatic heterocycles. The number of fused-ring (bicyclic) bond motifs is 2. The summed E-state index contributed by atoms with van der Waals surface area (Å²) in [6, 6.07) is 50.0. The molecule has 57 heavy (non-hydrogen) atoms. The molecule has 0 unspecified atom stereocenters. The summed E-state index contributed by atoms with van der Waals surface area (Å²) in [5.74, 6) is 0.0791. The van der Waals surface area contributed by atoms with Crippen molar-refractivity contribution in [1.29, 1.82) is 0 Å². The number of aromatic carboxylic acids is 1. The number of methoxy groups -OCH3 is 1. The minimum absolute atomic E-state index is 0.251. The lowest BCUT2D eigenvalue weighted by Gasteiger charge is -2.11. The molecule has 0 spiro atoms. The smallest absolute Gasteiger partial charge is 0.338 e. The van der Waals surface area contributed by atoms with Crippen LogP contribution in [0.25, 0.3) is 33.2 Å². The van der Waals surface area contributed by atoms with Gasteiger partial charge in [-0.3, -0.25) is 0 Å². The fourth-order valence-electron chi connectivity index (χ4n) is 8.01. The Hall–Kier alpha value is -6.66. The predicted octanol–water partition coefficient (Wildman–Crippen LogP) is 11.7. The quantitative estimate of drug-likeness (QED) is 0.141. The number of ether oxygens (including phenoxy) is 1. The van der Waals surface area contributed by atoms with E-state index in [0.29, 0.717) is 35.8 Å². The molecule has 0 radical (unpaired) electrons.